The van der Waals surface area contributed by atoms with E-state index in [4.69, 9.17) is 16.3 Å². The number of para-hydroxylation sites is 1. The normalized spacial score (nSPS) is 19.5. The third kappa shape index (κ3) is 4.99. The molecule has 5 nitrogen and oxygen atoms in total. The van der Waals surface area contributed by atoms with E-state index < -0.39 is 0 Å². The van der Waals surface area contributed by atoms with Crippen LogP contribution < -0.4 is 4.90 Å². The second-order valence-electron chi connectivity index (χ2n) is 9.10. The summed E-state index contributed by atoms with van der Waals surface area (Å²) in [6, 6.07) is 16.1. The molecule has 0 N–H and O–H groups in total. The zero-order valence-corrected chi connectivity index (χ0v) is 19.6. The first-order valence-corrected chi connectivity index (χ1v) is 12.3. The van der Waals surface area contributed by atoms with E-state index in [1.807, 2.05) is 35.4 Å². The highest BCUT2D eigenvalue weighted by Crippen LogP contribution is 2.30. The first kappa shape index (κ1) is 22.2. The zero-order valence-electron chi connectivity index (χ0n) is 18.9. The SMILES string of the molecule is O=C(c1ccc(Cl)c(N2CCCCC2)c1)N1CCOC[C@@H](Cc2cccc3cccnc23)C1. The van der Waals surface area contributed by atoms with Crippen LogP contribution in [-0.4, -0.2) is 55.2 Å². The summed E-state index contributed by atoms with van der Waals surface area (Å²) in [5, 5.41) is 1.86. The van der Waals surface area contributed by atoms with Crippen molar-refractivity contribution in [3.63, 3.8) is 0 Å². The van der Waals surface area contributed by atoms with E-state index in [1.54, 1.807) is 0 Å². The van der Waals surface area contributed by atoms with Crippen LogP contribution in [0.2, 0.25) is 5.02 Å². The number of ether oxygens (including phenoxy) is 1. The van der Waals surface area contributed by atoms with Gasteiger partial charge in [0.2, 0.25) is 0 Å². The number of pyridine rings is 1. The van der Waals surface area contributed by atoms with Gasteiger partial charge in [-0.1, -0.05) is 35.9 Å². The summed E-state index contributed by atoms with van der Waals surface area (Å²) in [7, 11) is 0. The molecule has 1 aromatic heterocycles. The molecule has 3 heterocycles. The molecule has 0 aliphatic carbocycles. The van der Waals surface area contributed by atoms with E-state index in [1.165, 1.54) is 24.8 Å². The molecule has 2 fully saturated rings. The number of carbonyl (C=O) groups is 1. The molecule has 0 radical (unpaired) electrons. The lowest BCUT2D eigenvalue weighted by Crippen LogP contribution is -2.36. The fraction of sp³-hybridized carbons (Fsp3) is 0.407. The summed E-state index contributed by atoms with van der Waals surface area (Å²) in [5.74, 6) is 0.273. The van der Waals surface area contributed by atoms with Gasteiger partial charge in [0.05, 0.1) is 29.4 Å². The van der Waals surface area contributed by atoms with Gasteiger partial charge in [0.25, 0.3) is 5.91 Å². The average molecular weight is 464 g/mol. The number of carbonyl (C=O) groups excluding carboxylic acids is 1. The molecular weight excluding hydrogens is 434 g/mol. The van der Waals surface area contributed by atoms with E-state index in [0.717, 1.165) is 36.1 Å². The van der Waals surface area contributed by atoms with Crippen LogP contribution in [0.4, 0.5) is 5.69 Å². The Morgan fingerprint density at radius 3 is 2.79 bits per heavy atom. The van der Waals surface area contributed by atoms with Gasteiger partial charge in [-0.05, 0) is 55.5 Å². The van der Waals surface area contributed by atoms with Gasteiger partial charge in [0.15, 0.2) is 0 Å². The molecule has 33 heavy (non-hydrogen) atoms. The molecule has 1 amide bonds. The molecular formula is C27H30ClN3O2. The first-order chi connectivity index (χ1) is 16.2. The number of amides is 1. The molecule has 1 atom stereocenters. The molecule has 0 bridgehead atoms. The lowest BCUT2D eigenvalue weighted by molar-refractivity contribution is 0.0737. The molecule has 172 valence electrons. The number of hydrogen-bond acceptors (Lipinski definition) is 4. The Kier molecular flexibility index (Phi) is 6.79. The van der Waals surface area contributed by atoms with E-state index in [2.05, 4.69) is 34.1 Å². The van der Waals surface area contributed by atoms with Crippen LogP contribution in [0.15, 0.2) is 54.7 Å². The van der Waals surface area contributed by atoms with Crippen LogP contribution in [-0.2, 0) is 11.2 Å². The topological polar surface area (TPSA) is 45.7 Å². The Morgan fingerprint density at radius 1 is 1.06 bits per heavy atom. The fourth-order valence-corrected chi connectivity index (χ4v) is 5.27. The number of benzene rings is 2. The highest BCUT2D eigenvalue weighted by atomic mass is 35.5. The van der Waals surface area contributed by atoms with Crippen LogP contribution >= 0.6 is 11.6 Å². The molecule has 5 rings (SSSR count). The van der Waals surface area contributed by atoms with E-state index in [-0.39, 0.29) is 11.8 Å². The molecule has 3 aromatic rings. The Bertz CT molecular complexity index is 1120. The van der Waals surface area contributed by atoms with Crippen LogP contribution in [0.1, 0.15) is 35.2 Å². The van der Waals surface area contributed by atoms with E-state index in [0.29, 0.717) is 36.9 Å². The third-order valence-electron chi connectivity index (χ3n) is 6.74. The van der Waals surface area contributed by atoms with Gasteiger partial charge >= 0.3 is 0 Å². The zero-order chi connectivity index (χ0) is 22.6. The Hall–Kier alpha value is -2.63. The predicted octanol–water partition coefficient (Wildman–Crippen LogP) is 5.21. The van der Waals surface area contributed by atoms with Gasteiger partial charge in [-0.3, -0.25) is 9.78 Å². The number of piperidine rings is 1. The Labute approximate surface area is 200 Å². The molecule has 2 aliphatic heterocycles. The number of fused-ring (bicyclic) bond motifs is 1. The molecule has 0 saturated carbocycles. The second kappa shape index (κ2) is 10.1. The predicted molar refractivity (Wildman–Crippen MR) is 133 cm³/mol. The van der Waals surface area contributed by atoms with Gasteiger partial charge in [-0.2, -0.15) is 0 Å². The van der Waals surface area contributed by atoms with Crippen molar-refractivity contribution in [2.75, 3.05) is 44.3 Å². The van der Waals surface area contributed by atoms with Crippen molar-refractivity contribution < 1.29 is 9.53 Å². The maximum atomic E-state index is 13.5. The highest BCUT2D eigenvalue weighted by molar-refractivity contribution is 6.33. The molecule has 2 saturated heterocycles. The molecule has 2 aliphatic rings. The lowest BCUT2D eigenvalue weighted by Gasteiger charge is -2.30. The van der Waals surface area contributed by atoms with Crippen LogP contribution in [0.25, 0.3) is 10.9 Å². The monoisotopic (exact) mass is 463 g/mol. The second-order valence-corrected chi connectivity index (χ2v) is 9.51. The molecule has 2 aromatic carbocycles. The summed E-state index contributed by atoms with van der Waals surface area (Å²) in [4.78, 5) is 22.4. The minimum atomic E-state index is 0.0523. The van der Waals surface area contributed by atoms with Gasteiger partial charge < -0.3 is 14.5 Å². The summed E-state index contributed by atoms with van der Waals surface area (Å²) < 4.78 is 5.90. The number of halogens is 1. The number of anilines is 1. The minimum Gasteiger partial charge on any atom is -0.379 e. The van der Waals surface area contributed by atoms with Crippen molar-refractivity contribution in [3.8, 4) is 0 Å². The van der Waals surface area contributed by atoms with Gasteiger partial charge in [-0.25, -0.2) is 0 Å². The highest BCUT2D eigenvalue weighted by Gasteiger charge is 2.25. The van der Waals surface area contributed by atoms with E-state index in [9.17, 15) is 4.79 Å². The lowest BCUT2D eigenvalue weighted by atomic mass is 9.97. The van der Waals surface area contributed by atoms with Crippen LogP contribution in [0.5, 0.6) is 0 Å². The van der Waals surface area contributed by atoms with Gasteiger partial charge in [-0.15, -0.1) is 0 Å². The van der Waals surface area contributed by atoms with Gasteiger partial charge in [0, 0.05) is 49.2 Å². The summed E-state index contributed by atoms with van der Waals surface area (Å²) in [5.41, 5.74) is 3.92. The standard InChI is InChI=1S/C27H30ClN3O2/c28-24-10-9-23(17-25(24)30-12-2-1-3-13-30)27(32)31-14-15-33-19-20(18-31)16-22-7-4-6-21-8-5-11-29-26(21)22/h4-11,17,20H,1-3,12-16,18-19H2/t20-/m0/s1. The average Bonchev–Trinajstić information content (AvgIpc) is 3.10. The molecule has 0 spiro atoms. The van der Waals surface area contributed by atoms with Crippen molar-refractivity contribution in [1.82, 2.24) is 9.88 Å². The molecule has 6 heteroatoms. The number of hydrogen-bond donors (Lipinski definition) is 0. The summed E-state index contributed by atoms with van der Waals surface area (Å²) >= 11 is 6.51. The van der Waals surface area contributed by atoms with Crippen molar-refractivity contribution in [2.45, 2.75) is 25.7 Å². The first-order valence-electron chi connectivity index (χ1n) is 11.9. The van der Waals surface area contributed by atoms with Crippen molar-refractivity contribution >= 4 is 34.1 Å². The third-order valence-corrected chi connectivity index (χ3v) is 7.06. The summed E-state index contributed by atoms with van der Waals surface area (Å²) in [6.45, 7) is 4.47. The fourth-order valence-electron chi connectivity index (χ4n) is 5.04. The summed E-state index contributed by atoms with van der Waals surface area (Å²) in [6.07, 6.45) is 6.27. The van der Waals surface area contributed by atoms with Crippen molar-refractivity contribution in [3.05, 3.63) is 70.9 Å². The maximum Gasteiger partial charge on any atom is 0.254 e. The number of aromatic nitrogens is 1. The number of nitrogens with zero attached hydrogens (tertiary/aromatic N) is 3. The van der Waals surface area contributed by atoms with E-state index >= 15 is 0 Å². The number of rotatable bonds is 4. The largest absolute Gasteiger partial charge is 0.379 e. The molecule has 0 unspecified atom stereocenters. The quantitative estimate of drug-likeness (QED) is 0.532. The van der Waals surface area contributed by atoms with Crippen LogP contribution in [0.3, 0.4) is 0 Å². The smallest absolute Gasteiger partial charge is 0.254 e. The van der Waals surface area contributed by atoms with Gasteiger partial charge in [0.1, 0.15) is 0 Å². The van der Waals surface area contributed by atoms with Crippen molar-refractivity contribution in [1.29, 1.82) is 0 Å². The Balaban J connectivity index is 1.34. The van der Waals surface area contributed by atoms with Crippen LogP contribution in [0, 0.1) is 5.92 Å². The Morgan fingerprint density at radius 2 is 1.91 bits per heavy atom. The minimum absolute atomic E-state index is 0.0523. The maximum absolute atomic E-state index is 13.5. The van der Waals surface area contributed by atoms with Crippen molar-refractivity contribution in [2.24, 2.45) is 5.92 Å².